The highest BCUT2D eigenvalue weighted by atomic mass is 127. The number of esters is 4. The zero-order valence-corrected chi connectivity index (χ0v) is 37.5. The third-order valence-electron chi connectivity index (χ3n) is 6.55. The first-order valence-electron chi connectivity index (χ1n) is 15.0. The van der Waals surface area contributed by atoms with Crippen LogP contribution < -0.4 is 21.3 Å². The topological polar surface area (TPSA) is 222 Å². The number of hydrogen-bond acceptors (Lipinski definition) is 12. The van der Waals surface area contributed by atoms with Gasteiger partial charge in [0.1, 0.15) is 0 Å². The van der Waals surface area contributed by atoms with Crippen LogP contribution in [-0.4, -0.2) is 71.9 Å². The minimum atomic E-state index is -1.29. The predicted octanol–water partition coefficient (Wildman–Crippen LogP) is 5.33. The number of rotatable bonds is 13. The molecule has 4 amide bonds. The minimum Gasteiger partial charge on any atom is -0.453 e. The smallest absolute Gasteiger partial charge is 0.303 e. The van der Waals surface area contributed by atoms with Gasteiger partial charge in [-0.2, -0.15) is 0 Å². The lowest BCUT2D eigenvalue weighted by Crippen LogP contribution is -2.32. The molecule has 2 rings (SSSR count). The van der Waals surface area contributed by atoms with Crippen LogP contribution in [0.3, 0.4) is 0 Å². The molecule has 52 heavy (non-hydrogen) atoms. The third-order valence-corrected chi connectivity index (χ3v) is 9.96. The van der Waals surface area contributed by atoms with Crippen LogP contribution >= 0.6 is 90.4 Å². The molecule has 0 aliphatic heterocycles. The van der Waals surface area contributed by atoms with E-state index in [0.717, 1.165) is 27.7 Å². The van der Waals surface area contributed by atoms with Gasteiger partial charge in [-0.3, -0.25) is 38.4 Å². The fourth-order valence-corrected chi connectivity index (χ4v) is 8.39. The molecule has 0 aliphatic rings. The molecule has 16 nitrogen and oxygen atoms in total. The maximum absolute atomic E-state index is 13.5. The molecule has 0 fully saturated rings. The molecule has 0 aliphatic carbocycles. The maximum atomic E-state index is 13.5. The number of amides is 4. The number of anilines is 4. The van der Waals surface area contributed by atoms with Gasteiger partial charge in [-0.25, -0.2) is 0 Å². The second-order valence-electron chi connectivity index (χ2n) is 10.9. The van der Waals surface area contributed by atoms with E-state index in [0.29, 0.717) is 14.3 Å². The van der Waals surface area contributed by atoms with Gasteiger partial charge in [0, 0.05) is 53.1 Å². The number of carbonyl (C=O) groups is 8. The Balaban J connectivity index is 3.18. The Labute approximate surface area is 353 Å². The van der Waals surface area contributed by atoms with Crippen LogP contribution in [0.25, 0.3) is 11.1 Å². The highest BCUT2D eigenvalue weighted by Crippen LogP contribution is 2.50. The molecule has 0 aromatic heterocycles. The first-order chi connectivity index (χ1) is 24.0. The van der Waals surface area contributed by atoms with Crippen molar-refractivity contribution in [2.75, 3.05) is 21.3 Å². The Bertz CT molecular complexity index is 1570. The molecule has 4 N–H and O–H groups in total. The van der Waals surface area contributed by atoms with Crippen molar-refractivity contribution in [3.8, 4) is 11.1 Å². The van der Waals surface area contributed by atoms with Crippen LogP contribution in [-0.2, 0) is 57.3 Å². The van der Waals surface area contributed by atoms with Crippen molar-refractivity contribution in [1.82, 2.24) is 0 Å². The number of hydrogen-bond donors (Lipinski definition) is 4. The summed E-state index contributed by atoms with van der Waals surface area (Å²) in [4.78, 5) is 101. The van der Waals surface area contributed by atoms with Crippen LogP contribution in [0.15, 0.2) is 12.1 Å². The Morgan fingerprint density at radius 3 is 0.750 bits per heavy atom. The number of ether oxygens (including phenoxy) is 4. The van der Waals surface area contributed by atoms with Crippen LogP contribution in [0, 0.1) is 14.3 Å². The van der Waals surface area contributed by atoms with Gasteiger partial charge in [-0.1, -0.05) is 0 Å². The average Bonchev–Trinajstić information content (AvgIpc) is 3.00. The largest absolute Gasteiger partial charge is 0.453 e. The Morgan fingerprint density at radius 1 is 0.423 bits per heavy atom. The summed E-state index contributed by atoms with van der Waals surface area (Å²) in [6.07, 6.45) is -5.14. The Morgan fingerprint density at radius 2 is 0.596 bits per heavy atom. The summed E-state index contributed by atoms with van der Waals surface area (Å²) >= 11 is 7.75. The quantitative estimate of drug-likeness (QED) is 0.114. The molecule has 20 heteroatoms. The summed E-state index contributed by atoms with van der Waals surface area (Å²) in [5, 5.41) is 11.0. The van der Waals surface area contributed by atoms with Crippen molar-refractivity contribution in [2.24, 2.45) is 0 Å². The molecule has 0 saturated heterocycles. The minimum absolute atomic E-state index is 0.0466. The number of carbonyl (C=O) groups excluding carboxylic acids is 8. The number of halogens is 4. The van der Waals surface area contributed by atoms with E-state index in [9.17, 15) is 38.4 Å². The lowest BCUT2D eigenvalue weighted by Gasteiger charge is -2.27. The van der Waals surface area contributed by atoms with Gasteiger partial charge in [0.2, 0.25) is 0 Å². The first kappa shape index (κ1) is 45.3. The summed E-state index contributed by atoms with van der Waals surface area (Å²) in [6.45, 7) is 9.91. The second-order valence-corrected chi connectivity index (χ2v) is 15.5. The molecule has 0 bridgehead atoms. The lowest BCUT2D eigenvalue weighted by atomic mass is 9.96. The highest BCUT2D eigenvalue weighted by Gasteiger charge is 2.32. The zero-order chi connectivity index (χ0) is 39.8. The fourth-order valence-electron chi connectivity index (χ4n) is 4.34. The summed E-state index contributed by atoms with van der Waals surface area (Å²) in [5.74, 6) is -5.99. The van der Waals surface area contributed by atoms with Crippen LogP contribution in [0.1, 0.15) is 55.4 Å². The number of nitrogens with one attached hydrogen (secondary N) is 4. The third kappa shape index (κ3) is 12.6. The van der Waals surface area contributed by atoms with Crippen molar-refractivity contribution in [1.29, 1.82) is 0 Å². The Hall–Kier alpha value is -2.88. The summed E-state index contributed by atoms with van der Waals surface area (Å²) in [7, 11) is 0. The molecular formula is C32H34I4N4O12. The average molecular weight is 1170 g/mol. The van der Waals surface area contributed by atoms with E-state index in [1.54, 1.807) is 12.1 Å². The van der Waals surface area contributed by atoms with E-state index < -0.39 is 71.9 Å². The molecule has 282 valence electrons. The van der Waals surface area contributed by atoms with Crippen molar-refractivity contribution in [3.05, 3.63) is 26.4 Å². The van der Waals surface area contributed by atoms with E-state index in [4.69, 9.17) is 18.9 Å². The molecule has 0 radical (unpaired) electrons. The van der Waals surface area contributed by atoms with Crippen LogP contribution in [0.2, 0.25) is 0 Å². The fraction of sp³-hybridized carbons (Fsp3) is 0.375. The van der Waals surface area contributed by atoms with E-state index in [2.05, 4.69) is 21.3 Å². The molecule has 0 saturated carbocycles. The van der Waals surface area contributed by atoms with E-state index in [1.165, 1.54) is 27.7 Å². The first-order valence-corrected chi connectivity index (χ1v) is 19.3. The number of benzene rings is 2. The molecule has 0 heterocycles. The zero-order valence-electron chi connectivity index (χ0n) is 28.9. The van der Waals surface area contributed by atoms with Gasteiger partial charge in [0.25, 0.3) is 23.6 Å². The van der Waals surface area contributed by atoms with E-state index in [-0.39, 0.29) is 33.9 Å². The maximum Gasteiger partial charge on any atom is 0.303 e. The van der Waals surface area contributed by atoms with Crippen molar-refractivity contribution >= 4 is 161 Å². The standard InChI is InChI=1S/C32H34I4N4O12/c1-11(49-15(5)41)29(45)37-25-19(33)9-20(34)26(38-30(46)12(2)50-16(6)42)23(25)24-27(39-31(47)13(3)51-17(7)43)21(35)10-22(36)28(24)40-32(48)14(4)52-18(8)44/h9-14H,1-8H3,(H,37,45)(H,38,46)(H,39,47)(H,40,48). The van der Waals surface area contributed by atoms with Gasteiger partial charge < -0.3 is 40.2 Å². The molecule has 2 aromatic rings. The van der Waals surface area contributed by atoms with Crippen molar-refractivity contribution in [2.45, 2.75) is 79.8 Å². The summed E-state index contributed by atoms with van der Waals surface area (Å²) in [6, 6.07) is 3.23. The van der Waals surface area contributed by atoms with E-state index in [1.807, 2.05) is 90.4 Å². The molecule has 4 unspecified atom stereocenters. The summed E-state index contributed by atoms with van der Waals surface area (Å²) in [5.41, 5.74) is 0.280. The van der Waals surface area contributed by atoms with E-state index >= 15 is 0 Å². The monoisotopic (exact) mass is 1170 g/mol. The Kier molecular flexibility index (Phi) is 17.4. The second kappa shape index (κ2) is 20.0. The van der Waals surface area contributed by atoms with Gasteiger partial charge in [0.05, 0.1) is 22.7 Å². The van der Waals surface area contributed by atoms with Gasteiger partial charge in [-0.05, 0) is 130 Å². The normalized spacial score (nSPS) is 12.9. The lowest BCUT2D eigenvalue weighted by molar-refractivity contribution is -0.151. The van der Waals surface area contributed by atoms with Crippen LogP contribution in [0.4, 0.5) is 22.7 Å². The van der Waals surface area contributed by atoms with Crippen molar-refractivity contribution in [3.63, 3.8) is 0 Å². The molecule has 2 aromatic carbocycles. The molecular weight excluding hydrogens is 1140 g/mol. The van der Waals surface area contributed by atoms with Gasteiger partial charge in [-0.15, -0.1) is 0 Å². The summed E-state index contributed by atoms with van der Waals surface area (Å²) < 4.78 is 22.0. The van der Waals surface area contributed by atoms with Crippen molar-refractivity contribution < 1.29 is 57.3 Å². The van der Waals surface area contributed by atoms with Crippen LogP contribution in [0.5, 0.6) is 0 Å². The highest BCUT2D eigenvalue weighted by molar-refractivity contribution is 14.1. The molecule has 0 spiro atoms. The predicted molar refractivity (Wildman–Crippen MR) is 222 cm³/mol. The molecule has 4 atom stereocenters. The van der Waals surface area contributed by atoms with Gasteiger partial charge >= 0.3 is 23.9 Å². The SMILES string of the molecule is CC(=O)OC(C)C(=O)Nc1c(I)cc(I)c(NC(=O)C(C)OC(C)=O)c1-c1c(NC(=O)C(C)OC(C)=O)c(I)cc(I)c1NC(=O)C(C)OC(C)=O. The van der Waals surface area contributed by atoms with Gasteiger partial charge in [0.15, 0.2) is 24.4 Å².